The summed E-state index contributed by atoms with van der Waals surface area (Å²) in [6, 6.07) is 8.12. The number of benzene rings is 1. The highest BCUT2D eigenvalue weighted by atomic mass is 32.2. The van der Waals surface area contributed by atoms with E-state index in [1.807, 2.05) is 25.3 Å². The van der Waals surface area contributed by atoms with Gasteiger partial charge in [-0.1, -0.05) is 12.1 Å². The van der Waals surface area contributed by atoms with Crippen molar-refractivity contribution < 1.29 is 9.53 Å². The second kappa shape index (κ2) is 5.94. The molecule has 104 valence electrons. The number of nitrogens with two attached hydrogens (primary N) is 1. The molecular formula is C14H20N2O2S. The van der Waals surface area contributed by atoms with E-state index in [-0.39, 0.29) is 11.9 Å². The van der Waals surface area contributed by atoms with Gasteiger partial charge in [0.1, 0.15) is 5.54 Å². The lowest BCUT2D eigenvalue weighted by Gasteiger charge is -2.24. The molecule has 1 heterocycles. The number of ether oxygens (including phenoxy) is 1. The number of thioether (sulfide) groups is 1. The van der Waals surface area contributed by atoms with E-state index >= 15 is 0 Å². The van der Waals surface area contributed by atoms with Crippen LogP contribution >= 0.6 is 11.8 Å². The molecule has 2 unspecified atom stereocenters. The first kappa shape index (κ1) is 14.4. The summed E-state index contributed by atoms with van der Waals surface area (Å²) in [5, 5.41) is 2.97. The number of rotatable bonds is 4. The van der Waals surface area contributed by atoms with Crippen LogP contribution in [0.3, 0.4) is 0 Å². The molecule has 1 aliphatic heterocycles. The molecule has 2 atom stereocenters. The number of carbonyl (C=O) groups excluding carboxylic acids is 1. The van der Waals surface area contributed by atoms with E-state index in [2.05, 4.69) is 17.4 Å². The van der Waals surface area contributed by atoms with Gasteiger partial charge in [0.25, 0.3) is 0 Å². The van der Waals surface area contributed by atoms with Crippen LogP contribution in [0.1, 0.15) is 24.9 Å². The lowest BCUT2D eigenvalue weighted by Crippen LogP contribution is -2.54. The van der Waals surface area contributed by atoms with Crippen molar-refractivity contribution in [3.05, 3.63) is 29.8 Å². The Bertz CT molecular complexity index is 441. The van der Waals surface area contributed by atoms with Crippen LogP contribution in [-0.2, 0) is 9.53 Å². The average Bonchev–Trinajstić information content (AvgIpc) is 2.87. The van der Waals surface area contributed by atoms with Gasteiger partial charge in [-0.15, -0.1) is 11.8 Å². The number of nitrogens with one attached hydrogen (secondary N) is 1. The molecule has 0 spiro atoms. The van der Waals surface area contributed by atoms with E-state index in [4.69, 9.17) is 10.5 Å². The van der Waals surface area contributed by atoms with Gasteiger partial charge in [-0.25, -0.2) is 0 Å². The first-order chi connectivity index (χ1) is 9.05. The van der Waals surface area contributed by atoms with Gasteiger partial charge in [0.15, 0.2) is 0 Å². The molecule has 4 nitrogen and oxygen atoms in total. The Morgan fingerprint density at radius 1 is 1.47 bits per heavy atom. The molecule has 1 amide bonds. The molecule has 1 saturated heterocycles. The summed E-state index contributed by atoms with van der Waals surface area (Å²) in [6.07, 6.45) is 2.62. The topological polar surface area (TPSA) is 64.4 Å². The highest BCUT2D eigenvalue weighted by Crippen LogP contribution is 2.21. The van der Waals surface area contributed by atoms with Crippen LogP contribution in [0, 0.1) is 0 Å². The van der Waals surface area contributed by atoms with Gasteiger partial charge in [-0.2, -0.15) is 0 Å². The van der Waals surface area contributed by atoms with Gasteiger partial charge < -0.3 is 15.8 Å². The highest BCUT2D eigenvalue weighted by Gasteiger charge is 2.38. The largest absolute Gasteiger partial charge is 0.379 e. The summed E-state index contributed by atoms with van der Waals surface area (Å²) in [5.41, 5.74) is 6.24. The quantitative estimate of drug-likeness (QED) is 0.824. The molecular weight excluding hydrogens is 260 g/mol. The van der Waals surface area contributed by atoms with Crippen LogP contribution < -0.4 is 11.1 Å². The summed E-state index contributed by atoms with van der Waals surface area (Å²) in [4.78, 5) is 13.4. The van der Waals surface area contributed by atoms with E-state index in [1.165, 1.54) is 4.90 Å². The summed E-state index contributed by atoms with van der Waals surface area (Å²) in [7, 11) is 0. The second-order valence-corrected chi connectivity index (χ2v) is 5.81. The van der Waals surface area contributed by atoms with Crippen LogP contribution in [0.5, 0.6) is 0 Å². The Kier molecular flexibility index (Phi) is 4.50. The zero-order valence-electron chi connectivity index (χ0n) is 11.3. The Morgan fingerprint density at radius 2 is 2.16 bits per heavy atom. The molecule has 1 aliphatic rings. The van der Waals surface area contributed by atoms with Gasteiger partial charge in [0.2, 0.25) is 5.91 Å². The van der Waals surface area contributed by atoms with Gasteiger partial charge in [-0.05, 0) is 37.3 Å². The maximum Gasteiger partial charge on any atom is 0.243 e. The average molecular weight is 280 g/mol. The minimum Gasteiger partial charge on any atom is -0.379 e. The van der Waals surface area contributed by atoms with E-state index in [0.29, 0.717) is 19.6 Å². The normalized spacial score (nSPS) is 24.2. The van der Waals surface area contributed by atoms with Crippen molar-refractivity contribution in [2.45, 2.75) is 29.8 Å². The Balaban J connectivity index is 1.99. The maximum absolute atomic E-state index is 12.2. The Morgan fingerprint density at radius 3 is 2.68 bits per heavy atom. The third kappa shape index (κ3) is 3.29. The van der Waals surface area contributed by atoms with Crippen LogP contribution in [0.2, 0.25) is 0 Å². The molecule has 2 rings (SSSR count). The monoisotopic (exact) mass is 280 g/mol. The van der Waals surface area contributed by atoms with Crippen LogP contribution in [0.25, 0.3) is 0 Å². The standard InChI is InChI=1S/C14H20N2O2S/c1-10(11-3-5-12(19-2)6-4-11)16-13(17)14(15)7-8-18-9-14/h3-6,10H,7-9,15H2,1-2H3,(H,16,17). The molecule has 0 saturated carbocycles. The predicted octanol–water partition coefficient (Wildman–Crippen LogP) is 1.70. The number of carbonyl (C=O) groups is 1. The lowest BCUT2D eigenvalue weighted by molar-refractivity contribution is -0.127. The SMILES string of the molecule is CSc1ccc(C(C)NC(=O)C2(N)CCOC2)cc1. The summed E-state index contributed by atoms with van der Waals surface area (Å²) >= 11 is 1.70. The van der Waals surface area contributed by atoms with E-state index < -0.39 is 5.54 Å². The Labute approximate surface area is 118 Å². The third-order valence-corrected chi connectivity index (χ3v) is 4.21. The molecule has 1 fully saturated rings. The molecule has 19 heavy (non-hydrogen) atoms. The molecule has 3 N–H and O–H groups in total. The lowest BCUT2D eigenvalue weighted by atomic mass is 9.98. The van der Waals surface area contributed by atoms with E-state index in [0.717, 1.165) is 5.56 Å². The molecule has 5 heteroatoms. The Hall–Kier alpha value is -1.04. The van der Waals surface area contributed by atoms with Crippen LogP contribution in [0.15, 0.2) is 29.2 Å². The first-order valence-electron chi connectivity index (χ1n) is 6.37. The van der Waals surface area contributed by atoms with Crippen molar-refractivity contribution >= 4 is 17.7 Å². The van der Waals surface area contributed by atoms with Crippen molar-refractivity contribution in [3.63, 3.8) is 0 Å². The zero-order valence-corrected chi connectivity index (χ0v) is 12.1. The minimum atomic E-state index is -0.868. The third-order valence-electron chi connectivity index (χ3n) is 3.47. The first-order valence-corrected chi connectivity index (χ1v) is 7.59. The maximum atomic E-state index is 12.2. The molecule has 0 aliphatic carbocycles. The molecule has 0 aromatic heterocycles. The summed E-state index contributed by atoms with van der Waals surface area (Å²) in [5.74, 6) is -0.133. The fourth-order valence-corrected chi connectivity index (χ4v) is 2.48. The van der Waals surface area contributed by atoms with Crippen molar-refractivity contribution in [2.24, 2.45) is 5.73 Å². The number of hydrogen-bond acceptors (Lipinski definition) is 4. The van der Waals surface area contributed by atoms with Crippen LogP contribution in [0.4, 0.5) is 0 Å². The highest BCUT2D eigenvalue weighted by molar-refractivity contribution is 7.98. The molecule has 1 aromatic rings. The minimum absolute atomic E-state index is 0.0515. The zero-order chi connectivity index (χ0) is 13.9. The molecule has 0 radical (unpaired) electrons. The molecule has 1 aromatic carbocycles. The van der Waals surface area contributed by atoms with E-state index in [9.17, 15) is 4.79 Å². The second-order valence-electron chi connectivity index (χ2n) is 4.93. The van der Waals surface area contributed by atoms with Crippen molar-refractivity contribution in [3.8, 4) is 0 Å². The number of hydrogen-bond donors (Lipinski definition) is 2. The van der Waals surface area contributed by atoms with Crippen molar-refractivity contribution in [1.29, 1.82) is 0 Å². The predicted molar refractivity (Wildman–Crippen MR) is 77.1 cm³/mol. The number of amides is 1. The van der Waals surface area contributed by atoms with Crippen LogP contribution in [-0.4, -0.2) is 30.9 Å². The fraction of sp³-hybridized carbons (Fsp3) is 0.500. The van der Waals surface area contributed by atoms with Gasteiger partial charge in [0, 0.05) is 11.5 Å². The van der Waals surface area contributed by atoms with E-state index in [1.54, 1.807) is 11.8 Å². The van der Waals surface area contributed by atoms with Gasteiger partial charge in [-0.3, -0.25) is 4.79 Å². The van der Waals surface area contributed by atoms with Gasteiger partial charge >= 0.3 is 0 Å². The van der Waals surface area contributed by atoms with Gasteiger partial charge in [0.05, 0.1) is 12.6 Å². The smallest absolute Gasteiger partial charge is 0.243 e. The fourth-order valence-electron chi connectivity index (χ4n) is 2.08. The molecule has 0 bridgehead atoms. The summed E-state index contributed by atoms with van der Waals surface area (Å²) < 4.78 is 5.21. The van der Waals surface area contributed by atoms with Crippen molar-refractivity contribution in [2.75, 3.05) is 19.5 Å². The van der Waals surface area contributed by atoms with Crippen molar-refractivity contribution in [1.82, 2.24) is 5.32 Å². The summed E-state index contributed by atoms with van der Waals surface area (Å²) in [6.45, 7) is 2.82.